The smallest absolute Gasteiger partial charge is 0.396 e. The van der Waals surface area contributed by atoms with Crippen LogP contribution in [-0.2, 0) is 9.53 Å². The summed E-state index contributed by atoms with van der Waals surface area (Å²) in [4.78, 5) is 12.0. The molecule has 1 amide bonds. The average Bonchev–Trinajstić information content (AvgIpc) is 2.79. The summed E-state index contributed by atoms with van der Waals surface area (Å²) in [6, 6.07) is -0.623. The van der Waals surface area contributed by atoms with Crippen molar-refractivity contribution in [3.05, 3.63) is 0 Å². The molecule has 19 heavy (non-hydrogen) atoms. The molecule has 1 heterocycles. The molecule has 112 valence electrons. The molecule has 2 unspecified atom stereocenters. The molecule has 1 aliphatic heterocycles. The van der Waals surface area contributed by atoms with Crippen LogP contribution in [0.1, 0.15) is 12.8 Å². The van der Waals surface area contributed by atoms with Crippen LogP contribution >= 0.6 is 0 Å². The number of amides is 1. The maximum absolute atomic E-state index is 13.1. The second-order valence-electron chi connectivity index (χ2n) is 4.64. The van der Waals surface area contributed by atoms with Gasteiger partial charge < -0.3 is 20.5 Å². The predicted molar refractivity (Wildman–Crippen MR) is 61.5 cm³/mol. The fourth-order valence-corrected chi connectivity index (χ4v) is 2.13. The third kappa shape index (κ3) is 3.58. The minimum absolute atomic E-state index is 0.0632. The highest BCUT2D eigenvalue weighted by Gasteiger charge is 2.61. The van der Waals surface area contributed by atoms with E-state index in [4.69, 9.17) is 9.84 Å². The molecule has 0 aliphatic carbocycles. The van der Waals surface area contributed by atoms with Gasteiger partial charge in [-0.05, 0) is 19.4 Å². The topological polar surface area (TPSA) is 70.6 Å². The maximum Gasteiger partial charge on any atom is 0.404 e. The van der Waals surface area contributed by atoms with Crippen molar-refractivity contribution in [1.29, 1.82) is 0 Å². The third-order valence-electron chi connectivity index (χ3n) is 3.31. The SMILES string of the molecule is COCC(CCO)NC(=O)C1(C(F)(F)F)CCNC1. The van der Waals surface area contributed by atoms with Crippen LogP contribution in [0.4, 0.5) is 13.2 Å². The standard InChI is InChI=1S/C11H19F3N2O3/c1-19-6-8(2-5-17)16-9(18)10(11(12,13)14)3-4-15-7-10/h8,15,17H,2-7H2,1H3,(H,16,18). The first-order chi connectivity index (χ1) is 8.87. The van der Waals surface area contributed by atoms with E-state index in [-0.39, 0.29) is 32.6 Å². The number of methoxy groups -OCH3 is 1. The Morgan fingerprint density at radius 3 is 2.68 bits per heavy atom. The van der Waals surface area contributed by atoms with Gasteiger partial charge in [0.15, 0.2) is 5.41 Å². The Bertz CT molecular complexity index is 298. The van der Waals surface area contributed by atoms with Crippen LogP contribution in [0.15, 0.2) is 0 Å². The van der Waals surface area contributed by atoms with Gasteiger partial charge in [-0.3, -0.25) is 4.79 Å². The molecule has 3 N–H and O–H groups in total. The fraction of sp³-hybridized carbons (Fsp3) is 0.909. The number of carbonyl (C=O) groups excluding carboxylic acids is 1. The molecule has 5 nitrogen and oxygen atoms in total. The van der Waals surface area contributed by atoms with Crippen molar-refractivity contribution < 1.29 is 27.8 Å². The van der Waals surface area contributed by atoms with Gasteiger partial charge in [0.05, 0.1) is 12.6 Å². The number of carbonyl (C=O) groups is 1. The molecule has 2 atom stereocenters. The Labute approximate surface area is 109 Å². The molecule has 1 rings (SSSR count). The lowest BCUT2D eigenvalue weighted by molar-refractivity contribution is -0.216. The van der Waals surface area contributed by atoms with E-state index in [2.05, 4.69) is 10.6 Å². The lowest BCUT2D eigenvalue weighted by Crippen LogP contribution is -2.55. The summed E-state index contributed by atoms with van der Waals surface area (Å²) in [5.74, 6) is -1.06. The van der Waals surface area contributed by atoms with Crippen molar-refractivity contribution in [3.8, 4) is 0 Å². The normalized spacial score (nSPS) is 25.3. The van der Waals surface area contributed by atoms with Crippen LogP contribution in [0.2, 0.25) is 0 Å². The molecule has 1 aliphatic rings. The number of aliphatic hydroxyl groups is 1. The molecule has 0 radical (unpaired) electrons. The number of halogens is 3. The van der Waals surface area contributed by atoms with E-state index in [1.165, 1.54) is 7.11 Å². The van der Waals surface area contributed by atoms with Crippen molar-refractivity contribution >= 4 is 5.91 Å². The molecule has 0 spiro atoms. The van der Waals surface area contributed by atoms with Gasteiger partial charge in [-0.25, -0.2) is 0 Å². The Morgan fingerprint density at radius 1 is 1.58 bits per heavy atom. The zero-order valence-electron chi connectivity index (χ0n) is 10.7. The Hall–Kier alpha value is -0.860. The third-order valence-corrected chi connectivity index (χ3v) is 3.31. The monoisotopic (exact) mass is 284 g/mol. The van der Waals surface area contributed by atoms with E-state index < -0.39 is 30.1 Å². The molecule has 8 heteroatoms. The summed E-state index contributed by atoms with van der Waals surface area (Å²) >= 11 is 0. The second-order valence-corrected chi connectivity index (χ2v) is 4.64. The zero-order chi connectivity index (χ0) is 14.5. The average molecular weight is 284 g/mol. The molecule has 1 fully saturated rings. The van der Waals surface area contributed by atoms with Gasteiger partial charge in [-0.2, -0.15) is 13.2 Å². The van der Waals surface area contributed by atoms with Gasteiger partial charge in [-0.15, -0.1) is 0 Å². The van der Waals surface area contributed by atoms with E-state index in [9.17, 15) is 18.0 Å². The number of alkyl halides is 3. The number of rotatable bonds is 6. The fourth-order valence-electron chi connectivity index (χ4n) is 2.13. The highest BCUT2D eigenvalue weighted by molar-refractivity contribution is 5.84. The van der Waals surface area contributed by atoms with Crippen molar-refractivity contribution in [3.63, 3.8) is 0 Å². The van der Waals surface area contributed by atoms with E-state index in [1.54, 1.807) is 0 Å². The summed E-state index contributed by atoms with van der Waals surface area (Å²) in [5.41, 5.74) is -2.38. The first kappa shape index (κ1) is 16.2. The molecule has 0 bridgehead atoms. The molecular formula is C11H19F3N2O3. The summed E-state index contributed by atoms with van der Waals surface area (Å²) in [6.45, 7) is -0.428. The van der Waals surface area contributed by atoms with Gasteiger partial charge >= 0.3 is 6.18 Å². The highest BCUT2D eigenvalue weighted by Crippen LogP contribution is 2.43. The lowest BCUT2D eigenvalue weighted by atomic mass is 9.85. The highest BCUT2D eigenvalue weighted by atomic mass is 19.4. The van der Waals surface area contributed by atoms with Crippen molar-refractivity contribution in [1.82, 2.24) is 10.6 Å². The van der Waals surface area contributed by atoms with Crippen LogP contribution in [0.5, 0.6) is 0 Å². The molecule has 0 aromatic rings. The number of ether oxygens (including phenoxy) is 1. The summed E-state index contributed by atoms with van der Waals surface area (Å²) in [7, 11) is 1.38. The van der Waals surface area contributed by atoms with Gasteiger partial charge in [0.2, 0.25) is 5.91 Å². The number of hydrogen-bond acceptors (Lipinski definition) is 4. The van der Waals surface area contributed by atoms with E-state index in [1.807, 2.05) is 0 Å². The summed E-state index contributed by atoms with van der Waals surface area (Å²) in [6.07, 6.45) is -4.72. The molecular weight excluding hydrogens is 265 g/mol. The Morgan fingerprint density at radius 2 is 2.26 bits per heavy atom. The van der Waals surface area contributed by atoms with Crippen molar-refractivity contribution in [2.75, 3.05) is 33.4 Å². The molecule has 0 aromatic carbocycles. The molecule has 0 saturated carbocycles. The van der Waals surface area contributed by atoms with E-state index >= 15 is 0 Å². The second kappa shape index (κ2) is 6.53. The van der Waals surface area contributed by atoms with Gasteiger partial charge in [0.25, 0.3) is 0 Å². The largest absolute Gasteiger partial charge is 0.404 e. The van der Waals surface area contributed by atoms with Crippen LogP contribution < -0.4 is 10.6 Å². The summed E-state index contributed by atoms with van der Waals surface area (Å²) < 4.78 is 44.1. The molecule has 0 aromatic heterocycles. The van der Waals surface area contributed by atoms with Crippen LogP contribution in [0.25, 0.3) is 0 Å². The first-order valence-electron chi connectivity index (χ1n) is 6.05. The number of hydrogen-bond donors (Lipinski definition) is 3. The van der Waals surface area contributed by atoms with Crippen molar-refractivity contribution in [2.24, 2.45) is 5.41 Å². The zero-order valence-corrected chi connectivity index (χ0v) is 10.7. The van der Waals surface area contributed by atoms with E-state index in [0.29, 0.717) is 0 Å². The minimum atomic E-state index is -4.60. The van der Waals surface area contributed by atoms with Crippen LogP contribution in [0, 0.1) is 5.41 Å². The predicted octanol–water partition coefficient (Wildman–Crippen LogP) is 0.0420. The quantitative estimate of drug-likeness (QED) is 0.644. The Kier molecular flexibility index (Phi) is 5.57. The number of aliphatic hydroxyl groups excluding tert-OH is 1. The first-order valence-corrected chi connectivity index (χ1v) is 6.05. The van der Waals surface area contributed by atoms with Crippen LogP contribution in [0.3, 0.4) is 0 Å². The van der Waals surface area contributed by atoms with Gasteiger partial charge in [0, 0.05) is 20.3 Å². The lowest BCUT2D eigenvalue weighted by Gasteiger charge is -2.31. The minimum Gasteiger partial charge on any atom is -0.396 e. The van der Waals surface area contributed by atoms with Gasteiger partial charge in [-0.1, -0.05) is 0 Å². The van der Waals surface area contributed by atoms with E-state index in [0.717, 1.165) is 0 Å². The van der Waals surface area contributed by atoms with Crippen LogP contribution in [-0.4, -0.2) is 56.6 Å². The van der Waals surface area contributed by atoms with Gasteiger partial charge in [0.1, 0.15) is 0 Å². The molecule has 1 saturated heterocycles. The maximum atomic E-state index is 13.1. The van der Waals surface area contributed by atoms with Crippen molar-refractivity contribution in [2.45, 2.75) is 25.1 Å². The summed E-state index contributed by atoms with van der Waals surface area (Å²) in [5, 5.41) is 13.7. The Balaban J connectivity index is 2.77. The number of nitrogens with one attached hydrogen (secondary N) is 2.